The third-order valence-electron chi connectivity index (χ3n) is 5.91. The number of nitrogens with one attached hydrogen (secondary N) is 1. The van der Waals surface area contributed by atoms with Gasteiger partial charge in [-0.3, -0.25) is 14.5 Å². The van der Waals surface area contributed by atoms with Crippen molar-refractivity contribution in [1.29, 1.82) is 0 Å². The van der Waals surface area contributed by atoms with E-state index in [0.29, 0.717) is 39.3 Å². The number of amides is 2. The van der Waals surface area contributed by atoms with Gasteiger partial charge in [-0.1, -0.05) is 24.3 Å². The monoisotopic (exact) mass is 446 g/mol. The van der Waals surface area contributed by atoms with E-state index in [1.165, 1.54) is 17.7 Å². The fourth-order valence-electron chi connectivity index (χ4n) is 4.12. The third kappa shape index (κ3) is 5.04. The smallest absolute Gasteiger partial charge is 0.376 e. The zero-order valence-corrected chi connectivity index (χ0v) is 17.6. The molecule has 0 saturated carbocycles. The van der Waals surface area contributed by atoms with Gasteiger partial charge < -0.3 is 15.1 Å². The molecule has 0 atom stereocenters. The fraction of sp³-hybridized carbons (Fsp3) is 0.391. The number of halogens is 3. The first-order valence-electron chi connectivity index (χ1n) is 10.6. The van der Waals surface area contributed by atoms with Gasteiger partial charge in [0.25, 0.3) is 0 Å². The summed E-state index contributed by atoms with van der Waals surface area (Å²) >= 11 is 0. The first-order chi connectivity index (χ1) is 15.3. The first kappa shape index (κ1) is 22.1. The van der Waals surface area contributed by atoms with Crippen LogP contribution in [-0.2, 0) is 22.2 Å². The van der Waals surface area contributed by atoms with Crippen molar-refractivity contribution >= 4 is 23.2 Å². The summed E-state index contributed by atoms with van der Waals surface area (Å²) in [5, 5.41) is 2.78. The number of para-hydroxylation sites is 1. The summed E-state index contributed by atoms with van der Waals surface area (Å²) in [7, 11) is 0. The lowest BCUT2D eigenvalue weighted by atomic mass is 10.2. The maximum atomic E-state index is 12.8. The van der Waals surface area contributed by atoms with Crippen molar-refractivity contribution in [2.45, 2.75) is 12.6 Å². The first-order valence-corrected chi connectivity index (χ1v) is 10.6. The van der Waals surface area contributed by atoms with Gasteiger partial charge in [0.1, 0.15) is 0 Å². The molecule has 1 saturated heterocycles. The largest absolute Gasteiger partial charge is 0.416 e. The predicted molar refractivity (Wildman–Crippen MR) is 115 cm³/mol. The van der Waals surface area contributed by atoms with Crippen molar-refractivity contribution in [2.75, 3.05) is 56.0 Å². The Morgan fingerprint density at radius 3 is 2.41 bits per heavy atom. The molecular weight excluding hydrogens is 421 g/mol. The van der Waals surface area contributed by atoms with Crippen LogP contribution < -0.4 is 10.2 Å². The molecule has 170 valence electrons. The van der Waals surface area contributed by atoms with Gasteiger partial charge in [0.15, 0.2) is 0 Å². The summed E-state index contributed by atoms with van der Waals surface area (Å²) in [5.74, 6) is -0.122. The van der Waals surface area contributed by atoms with E-state index < -0.39 is 11.7 Å². The Balaban J connectivity index is 1.23. The molecular formula is C23H25F3N4O2. The van der Waals surface area contributed by atoms with Crippen LogP contribution >= 0.6 is 0 Å². The Morgan fingerprint density at radius 2 is 1.66 bits per heavy atom. The van der Waals surface area contributed by atoms with Gasteiger partial charge in [0.2, 0.25) is 11.8 Å². The number of alkyl halides is 3. The minimum atomic E-state index is -4.42. The van der Waals surface area contributed by atoms with Crippen LogP contribution in [0.2, 0.25) is 0 Å². The second-order valence-electron chi connectivity index (χ2n) is 8.01. The van der Waals surface area contributed by atoms with E-state index in [0.717, 1.165) is 24.2 Å². The Bertz CT molecular complexity index is 987. The predicted octanol–water partition coefficient (Wildman–Crippen LogP) is 2.85. The highest BCUT2D eigenvalue weighted by molar-refractivity contribution is 5.96. The summed E-state index contributed by atoms with van der Waals surface area (Å²) in [6, 6.07) is 12.7. The number of nitrogens with zero attached hydrogens (tertiary/aromatic N) is 3. The lowest BCUT2D eigenvalue weighted by Crippen LogP contribution is -2.52. The standard InChI is InChI=1S/C23H25F3N4O2/c24-23(25,26)18-5-3-6-19(14-18)27-15-21(31)29-12-10-28(11-13-29)16-22(32)30-9-8-17-4-1-2-7-20(17)30/h1-7,14,27H,8-13,15-16H2. The van der Waals surface area contributed by atoms with Crippen LogP contribution in [-0.4, -0.2) is 67.4 Å². The number of hydrogen-bond acceptors (Lipinski definition) is 4. The molecule has 2 amide bonds. The fourth-order valence-corrected chi connectivity index (χ4v) is 4.12. The third-order valence-corrected chi connectivity index (χ3v) is 5.91. The maximum Gasteiger partial charge on any atom is 0.416 e. The molecule has 0 spiro atoms. The normalized spacial score (nSPS) is 16.7. The van der Waals surface area contributed by atoms with Crippen LogP contribution in [0.5, 0.6) is 0 Å². The Hall–Kier alpha value is -3.07. The van der Waals surface area contributed by atoms with E-state index in [9.17, 15) is 22.8 Å². The number of carbonyl (C=O) groups excluding carboxylic acids is 2. The van der Waals surface area contributed by atoms with Crippen molar-refractivity contribution < 1.29 is 22.8 Å². The van der Waals surface area contributed by atoms with Crippen molar-refractivity contribution in [1.82, 2.24) is 9.80 Å². The maximum absolute atomic E-state index is 12.8. The van der Waals surface area contributed by atoms with Gasteiger partial charge in [-0.2, -0.15) is 13.2 Å². The molecule has 6 nitrogen and oxygen atoms in total. The van der Waals surface area contributed by atoms with Gasteiger partial charge in [-0.25, -0.2) is 0 Å². The molecule has 2 aliphatic heterocycles. The Morgan fingerprint density at radius 1 is 0.906 bits per heavy atom. The molecule has 0 radical (unpaired) electrons. The van der Waals surface area contributed by atoms with Crippen LogP contribution in [0.25, 0.3) is 0 Å². The molecule has 0 aliphatic carbocycles. The Labute approximate surface area is 184 Å². The van der Waals surface area contributed by atoms with Gasteiger partial charge in [-0.15, -0.1) is 0 Å². The highest BCUT2D eigenvalue weighted by atomic mass is 19.4. The van der Waals surface area contributed by atoms with E-state index in [1.807, 2.05) is 34.1 Å². The molecule has 2 aromatic rings. The number of carbonyl (C=O) groups is 2. The van der Waals surface area contributed by atoms with Gasteiger partial charge >= 0.3 is 6.18 Å². The van der Waals surface area contributed by atoms with Gasteiger partial charge in [0.05, 0.1) is 18.7 Å². The molecule has 4 rings (SSSR count). The molecule has 9 heteroatoms. The summed E-state index contributed by atoms with van der Waals surface area (Å²) in [5.41, 5.74) is 1.66. The van der Waals surface area contributed by atoms with Crippen molar-refractivity contribution in [3.8, 4) is 0 Å². The number of fused-ring (bicyclic) bond motifs is 1. The molecule has 1 N–H and O–H groups in total. The summed E-state index contributed by atoms with van der Waals surface area (Å²) < 4.78 is 38.5. The number of benzene rings is 2. The van der Waals surface area contributed by atoms with Gasteiger partial charge in [0, 0.05) is 44.1 Å². The number of anilines is 2. The zero-order chi connectivity index (χ0) is 22.7. The number of rotatable bonds is 5. The van der Waals surface area contributed by atoms with Crippen molar-refractivity contribution in [3.63, 3.8) is 0 Å². The molecule has 0 bridgehead atoms. The van der Waals surface area contributed by atoms with Crippen LogP contribution in [0.1, 0.15) is 11.1 Å². The second kappa shape index (κ2) is 9.20. The van der Waals surface area contributed by atoms with Gasteiger partial charge in [-0.05, 0) is 36.2 Å². The van der Waals surface area contributed by atoms with E-state index in [2.05, 4.69) is 5.32 Å². The van der Waals surface area contributed by atoms with Crippen molar-refractivity contribution in [3.05, 3.63) is 59.7 Å². The number of piperazine rings is 1. The van der Waals surface area contributed by atoms with Crippen molar-refractivity contribution in [2.24, 2.45) is 0 Å². The summed E-state index contributed by atoms with van der Waals surface area (Å²) in [4.78, 5) is 30.8. The summed E-state index contributed by atoms with van der Waals surface area (Å²) in [6.45, 7) is 3.04. The van der Waals surface area contributed by atoms with E-state index >= 15 is 0 Å². The van der Waals surface area contributed by atoms with E-state index in [1.54, 1.807) is 4.90 Å². The molecule has 0 unspecified atom stereocenters. The highest BCUT2D eigenvalue weighted by Gasteiger charge is 2.31. The van der Waals surface area contributed by atoms with E-state index in [-0.39, 0.29) is 24.0 Å². The average molecular weight is 446 g/mol. The highest BCUT2D eigenvalue weighted by Crippen LogP contribution is 2.30. The molecule has 2 heterocycles. The minimum Gasteiger partial charge on any atom is -0.376 e. The molecule has 0 aromatic heterocycles. The SMILES string of the molecule is O=C(CNc1cccc(C(F)(F)F)c1)N1CCN(CC(=O)N2CCc3ccccc32)CC1. The Kier molecular flexibility index (Phi) is 6.36. The minimum absolute atomic E-state index is 0.0564. The average Bonchev–Trinajstić information content (AvgIpc) is 3.22. The van der Waals surface area contributed by atoms with Crippen LogP contribution in [0, 0.1) is 0 Å². The van der Waals surface area contributed by atoms with Crippen LogP contribution in [0.4, 0.5) is 24.5 Å². The second-order valence-corrected chi connectivity index (χ2v) is 8.01. The molecule has 2 aromatic carbocycles. The van der Waals surface area contributed by atoms with E-state index in [4.69, 9.17) is 0 Å². The van der Waals surface area contributed by atoms with Crippen LogP contribution in [0.3, 0.4) is 0 Å². The topological polar surface area (TPSA) is 55.9 Å². The quantitative estimate of drug-likeness (QED) is 0.768. The lowest BCUT2D eigenvalue weighted by Gasteiger charge is -2.35. The molecule has 1 fully saturated rings. The van der Waals surface area contributed by atoms with Crippen LogP contribution in [0.15, 0.2) is 48.5 Å². The molecule has 2 aliphatic rings. The summed E-state index contributed by atoms with van der Waals surface area (Å²) in [6.07, 6.45) is -3.56. The number of hydrogen-bond donors (Lipinski definition) is 1. The molecule has 32 heavy (non-hydrogen) atoms. The lowest BCUT2D eigenvalue weighted by molar-refractivity contribution is -0.137. The zero-order valence-electron chi connectivity index (χ0n) is 17.6.